The molecule has 0 aromatic heterocycles. The fraction of sp³-hybridized carbons (Fsp3) is 0.538. The molecule has 0 saturated heterocycles. The normalized spacial score (nSPS) is 16.5. The molecule has 0 atom stereocenters. The van der Waals surface area contributed by atoms with Gasteiger partial charge in [-0.3, -0.25) is 0 Å². The second-order valence-corrected chi connectivity index (χ2v) is 5.68. The lowest BCUT2D eigenvalue weighted by atomic mass is 9.96. The number of rotatable bonds is 3. The van der Waals surface area contributed by atoms with Crippen molar-refractivity contribution in [1.29, 1.82) is 0 Å². The molecular formula is C13H17IO. The maximum absolute atomic E-state index is 5.91. The van der Waals surface area contributed by atoms with E-state index in [1.807, 2.05) is 0 Å². The van der Waals surface area contributed by atoms with Gasteiger partial charge in [0, 0.05) is 0 Å². The van der Waals surface area contributed by atoms with Crippen molar-refractivity contribution < 1.29 is 4.74 Å². The molecule has 15 heavy (non-hydrogen) atoms. The minimum absolute atomic E-state index is 0.475. The van der Waals surface area contributed by atoms with Crippen LogP contribution >= 0.6 is 22.6 Å². The fourth-order valence-corrected chi connectivity index (χ4v) is 2.31. The highest BCUT2D eigenvalue weighted by Crippen LogP contribution is 2.30. The Morgan fingerprint density at radius 3 is 2.53 bits per heavy atom. The number of benzene rings is 1. The molecular weight excluding hydrogens is 299 g/mol. The molecule has 0 unspecified atom stereocenters. The average Bonchev–Trinajstić information content (AvgIpc) is 2.12. The molecule has 0 amide bonds. The Balaban J connectivity index is 2.11. The van der Waals surface area contributed by atoms with Gasteiger partial charge in [-0.25, -0.2) is 0 Å². The van der Waals surface area contributed by atoms with Crippen molar-refractivity contribution in [3.8, 4) is 5.75 Å². The molecule has 0 bridgehead atoms. The Bertz CT molecular complexity index is 342. The van der Waals surface area contributed by atoms with Crippen LogP contribution in [0.15, 0.2) is 18.2 Å². The molecule has 1 nitrogen and oxygen atoms in total. The number of hydrogen-bond acceptors (Lipinski definition) is 1. The van der Waals surface area contributed by atoms with E-state index in [0.29, 0.717) is 12.0 Å². The van der Waals surface area contributed by atoms with Gasteiger partial charge in [0.15, 0.2) is 0 Å². The molecule has 1 aliphatic carbocycles. The molecule has 0 radical (unpaired) electrons. The van der Waals surface area contributed by atoms with Crippen molar-refractivity contribution in [3.63, 3.8) is 0 Å². The van der Waals surface area contributed by atoms with Gasteiger partial charge in [0.1, 0.15) is 5.75 Å². The number of ether oxygens (including phenoxy) is 1. The Morgan fingerprint density at radius 1 is 1.33 bits per heavy atom. The van der Waals surface area contributed by atoms with Gasteiger partial charge in [-0.05, 0) is 65.5 Å². The minimum Gasteiger partial charge on any atom is -0.489 e. The monoisotopic (exact) mass is 316 g/mol. The zero-order chi connectivity index (χ0) is 10.8. The lowest BCUT2D eigenvalue weighted by Crippen LogP contribution is -2.24. The maximum atomic E-state index is 5.91. The van der Waals surface area contributed by atoms with Crippen LogP contribution in [0, 0.1) is 3.57 Å². The van der Waals surface area contributed by atoms with E-state index in [-0.39, 0.29) is 0 Å². The van der Waals surface area contributed by atoms with E-state index in [0.717, 1.165) is 5.75 Å². The standard InChI is InChI=1S/C13H17IO/c1-9(2)10-6-7-13(12(14)8-10)15-11-4-3-5-11/h6-9,11H,3-5H2,1-2H3. The van der Waals surface area contributed by atoms with Crippen molar-refractivity contribution in [2.24, 2.45) is 0 Å². The fourth-order valence-electron chi connectivity index (χ4n) is 1.64. The Kier molecular flexibility index (Phi) is 3.54. The summed E-state index contributed by atoms with van der Waals surface area (Å²) in [5.41, 5.74) is 1.39. The van der Waals surface area contributed by atoms with Crippen molar-refractivity contribution in [3.05, 3.63) is 27.3 Å². The third kappa shape index (κ3) is 2.65. The second kappa shape index (κ2) is 4.73. The van der Waals surface area contributed by atoms with E-state index in [1.54, 1.807) is 0 Å². The first-order chi connectivity index (χ1) is 7.16. The molecule has 1 aliphatic rings. The Hall–Kier alpha value is -0.250. The molecule has 0 aliphatic heterocycles. The zero-order valence-electron chi connectivity index (χ0n) is 9.29. The summed E-state index contributed by atoms with van der Waals surface area (Å²) in [5, 5.41) is 0. The third-order valence-electron chi connectivity index (χ3n) is 2.97. The van der Waals surface area contributed by atoms with Crippen LogP contribution in [-0.4, -0.2) is 6.10 Å². The van der Waals surface area contributed by atoms with Gasteiger partial charge >= 0.3 is 0 Å². The van der Waals surface area contributed by atoms with Crippen LogP contribution in [0.1, 0.15) is 44.6 Å². The highest BCUT2D eigenvalue weighted by Gasteiger charge is 2.20. The molecule has 1 aromatic rings. The quantitative estimate of drug-likeness (QED) is 0.754. The maximum Gasteiger partial charge on any atom is 0.133 e. The molecule has 0 spiro atoms. The first-order valence-corrected chi connectivity index (χ1v) is 6.71. The summed E-state index contributed by atoms with van der Waals surface area (Å²) < 4.78 is 7.15. The molecule has 2 rings (SSSR count). The van der Waals surface area contributed by atoms with Crippen LogP contribution in [0.5, 0.6) is 5.75 Å². The first-order valence-electron chi connectivity index (χ1n) is 5.63. The number of hydrogen-bond donors (Lipinski definition) is 0. The molecule has 1 fully saturated rings. The predicted octanol–water partition coefficient (Wildman–Crippen LogP) is 4.35. The van der Waals surface area contributed by atoms with E-state index >= 15 is 0 Å². The van der Waals surface area contributed by atoms with Crippen molar-refractivity contribution in [2.45, 2.75) is 45.1 Å². The minimum atomic E-state index is 0.475. The molecule has 1 aromatic carbocycles. The lowest BCUT2D eigenvalue weighted by molar-refractivity contribution is 0.119. The molecule has 0 heterocycles. The largest absolute Gasteiger partial charge is 0.489 e. The van der Waals surface area contributed by atoms with E-state index < -0.39 is 0 Å². The summed E-state index contributed by atoms with van der Waals surface area (Å²) in [4.78, 5) is 0. The Morgan fingerprint density at radius 2 is 2.07 bits per heavy atom. The highest BCUT2D eigenvalue weighted by atomic mass is 127. The third-order valence-corrected chi connectivity index (χ3v) is 3.81. The van der Waals surface area contributed by atoms with Crippen LogP contribution < -0.4 is 4.74 Å². The van der Waals surface area contributed by atoms with Gasteiger partial charge in [0.25, 0.3) is 0 Å². The first kappa shape index (κ1) is 11.2. The SMILES string of the molecule is CC(C)c1ccc(OC2CCC2)c(I)c1. The van der Waals surface area contributed by atoms with Gasteiger partial charge in [0.2, 0.25) is 0 Å². The Labute approximate surface area is 105 Å². The van der Waals surface area contributed by atoms with Crippen LogP contribution in [0.3, 0.4) is 0 Å². The molecule has 82 valence electrons. The van der Waals surface area contributed by atoms with E-state index in [4.69, 9.17) is 4.74 Å². The van der Waals surface area contributed by atoms with Gasteiger partial charge in [0.05, 0.1) is 9.67 Å². The van der Waals surface area contributed by atoms with Gasteiger partial charge < -0.3 is 4.74 Å². The van der Waals surface area contributed by atoms with Crippen LogP contribution in [0.4, 0.5) is 0 Å². The predicted molar refractivity (Wildman–Crippen MR) is 71.5 cm³/mol. The van der Waals surface area contributed by atoms with Crippen LogP contribution in [0.2, 0.25) is 0 Å². The average molecular weight is 316 g/mol. The summed E-state index contributed by atoms with van der Waals surface area (Å²) in [5.74, 6) is 1.65. The molecule has 1 saturated carbocycles. The van der Waals surface area contributed by atoms with Crippen molar-refractivity contribution in [2.75, 3.05) is 0 Å². The summed E-state index contributed by atoms with van der Waals surface area (Å²) in [7, 11) is 0. The van der Waals surface area contributed by atoms with Crippen LogP contribution in [-0.2, 0) is 0 Å². The second-order valence-electron chi connectivity index (χ2n) is 4.52. The van der Waals surface area contributed by atoms with Gasteiger partial charge in [-0.1, -0.05) is 19.9 Å². The molecule has 2 heteroatoms. The smallest absolute Gasteiger partial charge is 0.133 e. The van der Waals surface area contributed by atoms with Gasteiger partial charge in [-0.2, -0.15) is 0 Å². The van der Waals surface area contributed by atoms with Crippen molar-refractivity contribution in [1.82, 2.24) is 0 Å². The van der Waals surface area contributed by atoms with Gasteiger partial charge in [-0.15, -0.1) is 0 Å². The summed E-state index contributed by atoms with van der Waals surface area (Å²) in [6, 6.07) is 6.54. The summed E-state index contributed by atoms with van der Waals surface area (Å²) in [6.07, 6.45) is 4.25. The zero-order valence-corrected chi connectivity index (χ0v) is 11.5. The summed E-state index contributed by atoms with van der Waals surface area (Å²) in [6.45, 7) is 4.44. The van der Waals surface area contributed by atoms with Crippen molar-refractivity contribution >= 4 is 22.6 Å². The summed E-state index contributed by atoms with van der Waals surface area (Å²) >= 11 is 2.37. The lowest BCUT2D eigenvalue weighted by Gasteiger charge is -2.27. The van der Waals surface area contributed by atoms with E-state index in [9.17, 15) is 0 Å². The van der Waals surface area contributed by atoms with Crippen LogP contribution in [0.25, 0.3) is 0 Å². The number of halogens is 1. The molecule has 0 N–H and O–H groups in total. The van der Waals surface area contributed by atoms with E-state index in [2.05, 4.69) is 54.6 Å². The topological polar surface area (TPSA) is 9.23 Å². The highest BCUT2D eigenvalue weighted by molar-refractivity contribution is 14.1. The van der Waals surface area contributed by atoms with E-state index in [1.165, 1.54) is 28.4 Å².